The second-order valence-corrected chi connectivity index (χ2v) is 8.51. The molecule has 31 heavy (non-hydrogen) atoms. The van der Waals surface area contributed by atoms with Crippen LogP contribution in [0.5, 0.6) is 5.75 Å². The van der Waals surface area contributed by atoms with Crippen molar-refractivity contribution in [2.24, 2.45) is 0 Å². The molecule has 0 aliphatic heterocycles. The number of sulfonamides is 1. The predicted molar refractivity (Wildman–Crippen MR) is 111 cm³/mol. The zero-order valence-corrected chi connectivity index (χ0v) is 17.5. The number of amides is 1. The first-order valence-corrected chi connectivity index (χ1v) is 10.4. The molecule has 1 amide bonds. The van der Waals surface area contributed by atoms with Crippen molar-refractivity contribution >= 4 is 27.3 Å². The normalized spacial score (nSPS) is 11.3. The van der Waals surface area contributed by atoms with Gasteiger partial charge in [0.25, 0.3) is 11.6 Å². The van der Waals surface area contributed by atoms with Gasteiger partial charge in [0.05, 0.1) is 41.5 Å². The summed E-state index contributed by atoms with van der Waals surface area (Å²) in [5, 5.41) is 13.5. The number of rotatable bonds is 8. The van der Waals surface area contributed by atoms with Gasteiger partial charge in [-0.25, -0.2) is 8.42 Å². The van der Waals surface area contributed by atoms with Gasteiger partial charge in [0.1, 0.15) is 11.5 Å². The van der Waals surface area contributed by atoms with Crippen LogP contribution in [-0.4, -0.2) is 37.7 Å². The van der Waals surface area contributed by atoms with Gasteiger partial charge in [0.2, 0.25) is 10.0 Å². The molecule has 0 atom stereocenters. The Morgan fingerprint density at radius 2 is 1.90 bits per heavy atom. The molecule has 0 spiro atoms. The molecule has 0 radical (unpaired) electrons. The van der Waals surface area contributed by atoms with Crippen molar-refractivity contribution in [3.63, 3.8) is 0 Å². The van der Waals surface area contributed by atoms with E-state index < -0.39 is 20.9 Å². The molecular weight excluding hydrogens is 426 g/mol. The van der Waals surface area contributed by atoms with Crippen molar-refractivity contribution < 1.29 is 27.3 Å². The van der Waals surface area contributed by atoms with Crippen LogP contribution < -0.4 is 10.1 Å². The Morgan fingerprint density at radius 1 is 1.19 bits per heavy atom. The first-order chi connectivity index (χ1) is 14.7. The average Bonchev–Trinajstić information content (AvgIpc) is 3.27. The highest BCUT2D eigenvalue weighted by Crippen LogP contribution is 2.29. The summed E-state index contributed by atoms with van der Waals surface area (Å²) in [6.45, 7) is 0.0670. The van der Waals surface area contributed by atoms with E-state index in [-0.39, 0.29) is 34.1 Å². The summed E-state index contributed by atoms with van der Waals surface area (Å²) in [4.78, 5) is 22.9. The van der Waals surface area contributed by atoms with Crippen LogP contribution in [0.1, 0.15) is 16.1 Å². The lowest BCUT2D eigenvalue weighted by Crippen LogP contribution is -2.26. The maximum atomic E-state index is 12.7. The summed E-state index contributed by atoms with van der Waals surface area (Å²) < 4.78 is 36.8. The highest BCUT2D eigenvalue weighted by molar-refractivity contribution is 7.89. The molecule has 1 aromatic heterocycles. The molecule has 2 aromatic carbocycles. The molecule has 0 unspecified atom stereocenters. The largest absolute Gasteiger partial charge is 0.494 e. The van der Waals surface area contributed by atoms with Crippen LogP contribution in [0.25, 0.3) is 0 Å². The van der Waals surface area contributed by atoms with Gasteiger partial charge in [0.15, 0.2) is 0 Å². The standard InChI is InChI=1S/C20H19N3O7S/c1-22(13-16-4-3-11-30-16)31(27,28)17-8-5-14(6-9-17)20(24)21-18-10-7-15(23(25)26)12-19(18)29-2/h3-12H,13H2,1-2H3,(H,21,24). The van der Waals surface area contributed by atoms with Gasteiger partial charge in [-0.2, -0.15) is 4.31 Å². The number of carbonyl (C=O) groups excluding carboxylic acids is 1. The lowest BCUT2D eigenvalue weighted by atomic mass is 10.2. The third-order valence-corrected chi connectivity index (χ3v) is 6.25. The molecule has 162 valence electrons. The second kappa shape index (κ2) is 8.98. The quantitative estimate of drug-likeness (QED) is 0.416. The first-order valence-electron chi connectivity index (χ1n) is 8.95. The van der Waals surface area contributed by atoms with Gasteiger partial charge in [-0.1, -0.05) is 0 Å². The van der Waals surface area contributed by atoms with Crippen molar-refractivity contribution in [3.05, 3.63) is 82.3 Å². The molecule has 0 saturated carbocycles. The number of nitro benzene ring substituents is 1. The molecule has 0 bridgehead atoms. The fourth-order valence-electron chi connectivity index (χ4n) is 2.76. The number of nitro groups is 1. The Balaban J connectivity index is 1.75. The summed E-state index contributed by atoms with van der Waals surface area (Å²) in [7, 11) is -1.03. The Bertz CT molecular complexity index is 1190. The maximum Gasteiger partial charge on any atom is 0.273 e. The van der Waals surface area contributed by atoms with Gasteiger partial charge in [-0.15, -0.1) is 0 Å². The van der Waals surface area contributed by atoms with Crippen LogP contribution >= 0.6 is 0 Å². The molecule has 0 aliphatic rings. The Morgan fingerprint density at radius 3 is 2.48 bits per heavy atom. The third-order valence-electron chi connectivity index (χ3n) is 4.43. The molecular formula is C20H19N3O7S. The van der Waals surface area contributed by atoms with Crippen molar-refractivity contribution in [3.8, 4) is 5.75 Å². The fraction of sp³-hybridized carbons (Fsp3) is 0.150. The third kappa shape index (κ3) is 4.90. The van der Waals surface area contributed by atoms with Gasteiger partial charge < -0.3 is 14.5 Å². The molecule has 10 nitrogen and oxygen atoms in total. The van der Waals surface area contributed by atoms with Gasteiger partial charge >= 0.3 is 0 Å². The van der Waals surface area contributed by atoms with Crippen LogP contribution in [0.3, 0.4) is 0 Å². The number of carbonyl (C=O) groups is 1. The zero-order chi connectivity index (χ0) is 22.6. The number of nitrogens with one attached hydrogen (secondary N) is 1. The summed E-state index contributed by atoms with van der Waals surface area (Å²) in [5.74, 6) is 0.0976. The maximum absolute atomic E-state index is 12.7. The molecule has 3 aromatic rings. The topological polar surface area (TPSA) is 132 Å². The van der Waals surface area contributed by atoms with E-state index in [0.29, 0.717) is 5.76 Å². The Hall–Kier alpha value is -3.70. The molecule has 0 saturated heterocycles. The van der Waals surface area contributed by atoms with Crippen LogP contribution in [0, 0.1) is 10.1 Å². The average molecular weight is 445 g/mol. The Kier molecular flexibility index (Phi) is 6.37. The van der Waals surface area contributed by atoms with Crippen molar-refractivity contribution in [2.75, 3.05) is 19.5 Å². The zero-order valence-electron chi connectivity index (χ0n) is 16.6. The molecule has 1 N–H and O–H groups in total. The lowest BCUT2D eigenvalue weighted by molar-refractivity contribution is -0.384. The fourth-order valence-corrected chi connectivity index (χ4v) is 3.89. The Labute approximate surface area is 178 Å². The number of anilines is 1. The highest BCUT2D eigenvalue weighted by atomic mass is 32.2. The molecule has 0 aliphatic carbocycles. The summed E-state index contributed by atoms with van der Waals surface area (Å²) in [6.07, 6.45) is 1.46. The van der Waals surface area contributed by atoms with Crippen LogP contribution in [0.2, 0.25) is 0 Å². The van der Waals surface area contributed by atoms with Crippen molar-refractivity contribution in [1.29, 1.82) is 0 Å². The smallest absolute Gasteiger partial charge is 0.273 e. The minimum absolute atomic E-state index is 0.0195. The molecule has 3 rings (SSSR count). The van der Waals surface area contributed by atoms with E-state index >= 15 is 0 Å². The van der Waals surface area contributed by atoms with Gasteiger partial charge in [0, 0.05) is 18.7 Å². The van der Waals surface area contributed by atoms with E-state index in [0.717, 1.165) is 4.31 Å². The summed E-state index contributed by atoms with van der Waals surface area (Å²) in [5.41, 5.74) is 0.268. The predicted octanol–water partition coefficient (Wildman–Crippen LogP) is 3.27. The van der Waals surface area contributed by atoms with Crippen molar-refractivity contribution in [2.45, 2.75) is 11.4 Å². The van der Waals surface area contributed by atoms with Gasteiger partial charge in [-0.3, -0.25) is 14.9 Å². The van der Waals surface area contributed by atoms with E-state index in [1.54, 1.807) is 12.1 Å². The number of nitrogens with zero attached hydrogens (tertiary/aromatic N) is 2. The first kappa shape index (κ1) is 22.0. The number of benzene rings is 2. The number of non-ortho nitro benzene ring substituents is 1. The minimum atomic E-state index is -3.78. The second-order valence-electron chi connectivity index (χ2n) is 6.46. The van der Waals surface area contributed by atoms with E-state index in [4.69, 9.17) is 9.15 Å². The minimum Gasteiger partial charge on any atom is -0.494 e. The van der Waals surface area contributed by atoms with Crippen LogP contribution in [-0.2, 0) is 16.6 Å². The van der Waals surface area contributed by atoms with Crippen LogP contribution in [0.15, 0.2) is 70.2 Å². The number of hydrogen-bond acceptors (Lipinski definition) is 7. The number of ether oxygens (including phenoxy) is 1. The monoisotopic (exact) mass is 445 g/mol. The number of furan rings is 1. The summed E-state index contributed by atoms with van der Waals surface area (Å²) in [6, 6.07) is 12.5. The van der Waals surface area contributed by atoms with E-state index in [9.17, 15) is 23.3 Å². The number of methoxy groups -OCH3 is 1. The summed E-state index contributed by atoms with van der Waals surface area (Å²) >= 11 is 0. The molecule has 1 heterocycles. The SMILES string of the molecule is COc1cc([N+](=O)[O-])ccc1NC(=O)c1ccc(S(=O)(=O)N(C)Cc2ccco2)cc1. The highest BCUT2D eigenvalue weighted by Gasteiger charge is 2.22. The van der Waals surface area contributed by atoms with Crippen LogP contribution in [0.4, 0.5) is 11.4 Å². The van der Waals surface area contributed by atoms with Crippen molar-refractivity contribution in [1.82, 2.24) is 4.31 Å². The molecule has 11 heteroatoms. The van der Waals surface area contributed by atoms with E-state index in [1.165, 1.54) is 62.9 Å². The lowest BCUT2D eigenvalue weighted by Gasteiger charge is -2.16. The molecule has 0 fully saturated rings. The number of hydrogen-bond donors (Lipinski definition) is 1. The van der Waals surface area contributed by atoms with E-state index in [2.05, 4.69) is 5.32 Å². The van der Waals surface area contributed by atoms with E-state index in [1.807, 2.05) is 0 Å². The van der Waals surface area contributed by atoms with Gasteiger partial charge in [-0.05, 0) is 42.5 Å².